The quantitative estimate of drug-likeness (QED) is 0.692. The van der Waals surface area contributed by atoms with Crippen LogP contribution in [-0.2, 0) is 9.59 Å². The summed E-state index contributed by atoms with van der Waals surface area (Å²) in [4.78, 5) is 38.0. The van der Waals surface area contributed by atoms with Gasteiger partial charge in [-0.1, -0.05) is 43.0 Å². The zero-order valence-corrected chi connectivity index (χ0v) is 16.5. The summed E-state index contributed by atoms with van der Waals surface area (Å²) < 4.78 is 0. The van der Waals surface area contributed by atoms with Crippen LogP contribution in [0, 0.1) is 0 Å². The van der Waals surface area contributed by atoms with Crippen molar-refractivity contribution in [3.8, 4) is 0 Å². The lowest BCUT2D eigenvalue weighted by atomic mass is 9.96. The average molecular weight is 395 g/mol. The molecule has 1 aromatic rings. The maximum Gasteiger partial charge on any atom is 0.321 e. The number of carbonyl (C=O) groups excluding carboxylic acids is 3. The number of para-hydroxylation sites is 1. The van der Waals surface area contributed by atoms with Crippen LogP contribution in [0.2, 0.25) is 5.02 Å². The van der Waals surface area contributed by atoms with Crippen LogP contribution in [0.4, 0.5) is 10.5 Å². The van der Waals surface area contributed by atoms with Crippen LogP contribution in [0.1, 0.15) is 39.0 Å². The van der Waals surface area contributed by atoms with Crippen LogP contribution < -0.4 is 16.0 Å². The van der Waals surface area contributed by atoms with E-state index in [2.05, 4.69) is 16.0 Å². The first-order valence-electron chi connectivity index (χ1n) is 9.23. The van der Waals surface area contributed by atoms with Crippen LogP contribution in [0.15, 0.2) is 24.3 Å². The Kier molecular flexibility index (Phi) is 8.06. The Bertz CT molecular complexity index is 677. The van der Waals surface area contributed by atoms with Crippen LogP contribution in [0.25, 0.3) is 0 Å². The number of imide groups is 1. The monoisotopic (exact) mass is 394 g/mol. The van der Waals surface area contributed by atoms with Crippen molar-refractivity contribution in [3.05, 3.63) is 29.3 Å². The number of amides is 4. The topological polar surface area (TPSA) is 90.5 Å². The Hall–Kier alpha value is -2.12. The Balaban J connectivity index is 1.78. The molecule has 148 valence electrons. The number of anilines is 1. The Morgan fingerprint density at radius 2 is 1.85 bits per heavy atom. The number of nitrogens with zero attached hydrogens (tertiary/aromatic N) is 1. The molecule has 1 saturated carbocycles. The standard InChI is InChI=1S/C19H27ClN4O3/c1-13(18(26)23-19(27)21-14-8-4-3-5-9-14)24(2)12-17(25)22-16-11-7-6-10-15(16)20/h6-7,10-11,13-14H,3-5,8-9,12H2,1-2H3,(H,22,25)(H2,21,23,26,27). The van der Waals surface area contributed by atoms with Crippen LogP contribution in [-0.4, -0.2) is 48.4 Å². The number of urea groups is 1. The average Bonchev–Trinajstić information content (AvgIpc) is 2.63. The molecule has 0 radical (unpaired) electrons. The third-order valence-electron chi connectivity index (χ3n) is 4.76. The van der Waals surface area contributed by atoms with Crippen molar-refractivity contribution < 1.29 is 14.4 Å². The van der Waals surface area contributed by atoms with Gasteiger partial charge in [0.15, 0.2) is 0 Å². The molecule has 2 rings (SSSR count). The van der Waals surface area contributed by atoms with E-state index in [-0.39, 0.29) is 18.5 Å². The van der Waals surface area contributed by atoms with E-state index in [0.29, 0.717) is 10.7 Å². The van der Waals surface area contributed by atoms with Gasteiger partial charge in [0.1, 0.15) is 0 Å². The van der Waals surface area contributed by atoms with Gasteiger partial charge in [0.25, 0.3) is 0 Å². The van der Waals surface area contributed by atoms with Gasteiger partial charge in [-0.25, -0.2) is 4.79 Å². The summed E-state index contributed by atoms with van der Waals surface area (Å²) in [5.41, 5.74) is 0.515. The number of hydrogen-bond acceptors (Lipinski definition) is 4. The smallest absolute Gasteiger partial charge is 0.321 e. The van der Waals surface area contributed by atoms with Crippen LogP contribution in [0.3, 0.4) is 0 Å². The molecule has 1 fully saturated rings. The highest BCUT2D eigenvalue weighted by Crippen LogP contribution is 2.20. The number of likely N-dealkylation sites (N-methyl/N-ethyl adjacent to an activating group) is 1. The Labute approximate surface area is 164 Å². The number of hydrogen-bond donors (Lipinski definition) is 3. The number of halogens is 1. The van der Waals surface area contributed by atoms with Crippen molar-refractivity contribution in [1.29, 1.82) is 0 Å². The molecule has 0 saturated heterocycles. The van der Waals surface area contributed by atoms with Crippen molar-refractivity contribution in [2.75, 3.05) is 18.9 Å². The number of nitrogens with one attached hydrogen (secondary N) is 3. The second-order valence-corrected chi connectivity index (χ2v) is 7.32. The first-order valence-corrected chi connectivity index (χ1v) is 9.60. The maximum atomic E-state index is 12.3. The SMILES string of the molecule is CC(C(=O)NC(=O)NC1CCCCC1)N(C)CC(=O)Nc1ccccc1Cl. The van der Waals surface area contributed by atoms with E-state index < -0.39 is 18.0 Å². The minimum atomic E-state index is -0.640. The molecule has 3 N–H and O–H groups in total. The lowest BCUT2D eigenvalue weighted by Crippen LogP contribution is -2.51. The molecule has 0 spiro atoms. The number of benzene rings is 1. The van der Waals surface area contributed by atoms with Crippen molar-refractivity contribution in [2.45, 2.75) is 51.1 Å². The van der Waals surface area contributed by atoms with Crippen molar-refractivity contribution in [3.63, 3.8) is 0 Å². The van der Waals surface area contributed by atoms with Gasteiger partial charge in [-0.05, 0) is 38.9 Å². The Morgan fingerprint density at radius 1 is 1.19 bits per heavy atom. The molecule has 1 unspecified atom stereocenters. The maximum absolute atomic E-state index is 12.3. The predicted molar refractivity (Wildman–Crippen MR) is 106 cm³/mol. The van der Waals surface area contributed by atoms with Gasteiger partial charge in [-0.15, -0.1) is 0 Å². The highest BCUT2D eigenvalue weighted by Gasteiger charge is 2.23. The lowest BCUT2D eigenvalue weighted by molar-refractivity contribution is -0.125. The molecule has 7 nitrogen and oxygen atoms in total. The second-order valence-electron chi connectivity index (χ2n) is 6.92. The molecule has 1 atom stereocenters. The molecule has 0 aliphatic heterocycles. The van der Waals surface area contributed by atoms with Gasteiger partial charge >= 0.3 is 6.03 Å². The van der Waals surface area contributed by atoms with E-state index in [1.54, 1.807) is 43.1 Å². The van der Waals surface area contributed by atoms with Gasteiger partial charge in [0, 0.05) is 6.04 Å². The summed E-state index contributed by atoms with van der Waals surface area (Å²) in [6, 6.07) is 5.93. The van der Waals surface area contributed by atoms with Crippen molar-refractivity contribution in [2.24, 2.45) is 0 Å². The molecule has 4 amide bonds. The summed E-state index contributed by atoms with van der Waals surface area (Å²) in [7, 11) is 1.65. The largest absolute Gasteiger partial charge is 0.335 e. The highest BCUT2D eigenvalue weighted by molar-refractivity contribution is 6.33. The van der Waals surface area contributed by atoms with Gasteiger partial charge in [0.2, 0.25) is 11.8 Å². The van der Waals surface area contributed by atoms with Gasteiger partial charge < -0.3 is 10.6 Å². The van der Waals surface area contributed by atoms with Crippen molar-refractivity contribution in [1.82, 2.24) is 15.5 Å². The van der Waals surface area contributed by atoms with E-state index in [0.717, 1.165) is 25.7 Å². The van der Waals surface area contributed by atoms with E-state index in [1.165, 1.54) is 6.42 Å². The molecule has 27 heavy (non-hydrogen) atoms. The molecule has 0 aromatic heterocycles. The highest BCUT2D eigenvalue weighted by atomic mass is 35.5. The Morgan fingerprint density at radius 3 is 2.52 bits per heavy atom. The molecule has 1 aliphatic rings. The molecule has 1 aliphatic carbocycles. The molecular weight excluding hydrogens is 368 g/mol. The summed E-state index contributed by atoms with van der Waals surface area (Å²) in [5, 5.41) is 8.35. The van der Waals surface area contributed by atoms with Crippen LogP contribution >= 0.6 is 11.6 Å². The number of rotatable bonds is 6. The minimum Gasteiger partial charge on any atom is -0.335 e. The minimum absolute atomic E-state index is 0.00987. The molecule has 8 heteroatoms. The van der Waals surface area contributed by atoms with E-state index in [4.69, 9.17) is 11.6 Å². The molecular formula is C19H27ClN4O3. The van der Waals surface area contributed by atoms with Gasteiger partial charge in [0.05, 0.1) is 23.3 Å². The predicted octanol–water partition coefficient (Wildman–Crippen LogP) is 2.76. The summed E-state index contributed by atoms with van der Waals surface area (Å²) in [6.45, 7) is 1.63. The fourth-order valence-electron chi connectivity index (χ4n) is 3.00. The summed E-state index contributed by atoms with van der Waals surface area (Å²) >= 11 is 6.02. The zero-order valence-electron chi connectivity index (χ0n) is 15.8. The molecule has 0 bridgehead atoms. The van der Waals surface area contributed by atoms with Crippen LogP contribution in [0.5, 0.6) is 0 Å². The van der Waals surface area contributed by atoms with E-state index >= 15 is 0 Å². The summed E-state index contributed by atoms with van der Waals surface area (Å²) in [5.74, 6) is -0.742. The molecule has 0 heterocycles. The second kappa shape index (κ2) is 10.3. The van der Waals surface area contributed by atoms with E-state index in [9.17, 15) is 14.4 Å². The van der Waals surface area contributed by atoms with Crippen molar-refractivity contribution >= 4 is 35.1 Å². The summed E-state index contributed by atoms with van der Waals surface area (Å²) in [6.07, 6.45) is 5.27. The zero-order chi connectivity index (χ0) is 19.8. The third kappa shape index (κ3) is 6.84. The lowest BCUT2D eigenvalue weighted by Gasteiger charge is -2.25. The number of carbonyl (C=O) groups is 3. The molecule has 1 aromatic carbocycles. The first kappa shape index (κ1) is 21.2. The van der Waals surface area contributed by atoms with Gasteiger partial charge in [-0.3, -0.25) is 19.8 Å². The third-order valence-corrected chi connectivity index (χ3v) is 5.09. The van der Waals surface area contributed by atoms with Gasteiger partial charge in [-0.2, -0.15) is 0 Å². The normalized spacial score (nSPS) is 15.9. The first-order chi connectivity index (χ1) is 12.9. The fourth-order valence-corrected chi connectivity index (χ4v) is 3.18. The van der Waals surface area contributed by atoms with E-state index in [1.807, 2.05) is 0 Å². The fraction of sp³-hybridized carbons (Fsp3) is 0.526.